The summed E-state index contributed by atoms with van der Waals surface area (Å²) in [5.74, 6) is -1.40. The molecular formula is C7H11NO3. The Bertz CT molecular complexity index is 202. The molecule has 0 unspecified atom stereocenters. The smallest absolute Gasteiger partial charge is 0.318 e. The molecule has 1 fully saturated rings. The van der Waals surface area contributed by atoms with Crippen molar-refractivity contribution in [2.45, 2.75) is 19.8 Å². The maximum absolute atomic E-state index is 11.1. The van der Waals surface area contributed by atoms with E-state index in [1.807, 2.05) is 0 Å². The maximum Gasteiger partial charge on any atom is 0.318 e. The second-order valence-corrected chi connectivity index (χ2v) is 3.00. The third-order valence-corrected chi connectivity index (χ3v) is 2.11. The molecule has 1 aliphatic heterocycles. The summed E-state index contributed by atoms with van der Waals surface area (Å²) >= 11 is 0. The number of nitrogens with one attached hydrogen (secondary N) is 1. The lowest BCUT2D eigenvalue weighted by atomic mass is 9.82. The van der Waals surface area contributed by atoms with Crippen molar-refractivity contribution in [3.05, 3.63) is 0 Å². The number of hydrogen-bond acceptors (Lipinski definition) is 2. The predicted octanol–water partition coefficient (Wildman–Crippen LogP) is -0.0127. The molecule has 11 heavy (non-hydrogen) atoms. The molecule has 4 heteroatoms. The Kier molecular flexibility index (Phi) is 1.85. The highest BCUT2D eigenvalue weighted by molar-refractivity contribution is 6.01. The van der Waals surface area contributed by atoms with E-state index in [-0.39, 0.29) is 5.91 Å². The van der Waals surface area contributed by atoms with Gasteiger partial charge in [-0.15, -0.1) is 0 Å². The molecule has 0 bridgehead atoms. The van der Waals surface area contributed by atoms with Gasteiger partial charge in [-0.05, 0) is 19.8 Å². The molecule has 1 aliphatic rings. The van der Waals surface area contributed by atoms with E-state index < -0.39 is 11.4 Å². The van der Waals surface area contributed by atoms with Crippen molar-refractivity contribution in [2.75, 3.05) is 6.54 Å². The van der Waals surface area contributed by atoms with Gasteiger partial charge in [-0.2, -0.15) is 0 Å². The van der Waals surface area contributed by atoms with E-state index in [9.17, 15) is 9.59 Å². The second-order valence-electron chi connectivity index (χ2n) is 3.00. The van der Waals surface area contributed by atoms with Crippen LogP contribution in [0.3, 0.4) is 0 Å². The summed E-state index contributed by atoms with van der Waals surface area (Å²) in [5.41, 5.74) is -1.20. The third kappa shape index (κ3) is 1.20. The lowest BCUT2D eigenvalue weighted by Crippen LogP contribution is -2.48. The van der Waals surface area contributed by atoms with Gasteiger partial charge >= 0.3 is 5.97 Å². The van der Waals surface area contributed by atoms with Gasteiger partial charge in [0.1, 0.15) is 5.41 Å². The summed E-state index contributed by atoms with van der Waals surface area (Å²) in [6.07, 6.45) is 1.18. The van der Waals surface area contributed by atoms with E-state index in [4.69, 9.17) is 5.11 Å². The molecule has 62 valence electrons. The highest BCUT2D eigenvalue weighted by Gasteiger charge is 2.42. The van der Waals surface area contributed by atoms with Crippen LogP contribution in [0.2, 0.25) is 0 Å². The fraction of sp³-hybridized carbons (Fsp3) is 0.714. The molecule has 0 aromatic heterocycles. The van der Waals surface area contributed by atoms with E-state index in [0.29, 0.717) is 13.0 Å². The van der Waals surface area contributed by atoms with Crippen LogP contribution < -0.4 is 5.32 Å². The summed E-state index contributed by atoms with van der Waals surface area (Å²) in [5, 5.41) is 11.2. The Hall–Kier alpha value is -1.06. The summed E-state index contributed by atoms with van der Waals surface area (Å²) < 4.78 is 0. The van der Waals surface area contributed by atoms with E-state index in [1.165, 1.54) is 6.92 Å². The first kappa shape index (κ1) is 8.04. The zero-order chi connectivity index (χ0) is 8.48. The van der Waals surface area contributed by atoms with Crippen molar-refractivity contribution in [3.63, 3.8) is 0 Å². The first-order chi connectivity index (χ1) is 5.07. The molecule has 0 aromatic rings. The van der Waals surface area contributed by atoms with E-state index in [1.54, 1.807) is 0 Å². The van der Waals surface area contributed by atoms with Gasteiger partial charge in [-0.3, -0.25) is 9.59 Å². The number of carbonyl (C=O) groups excluding carboxylic acids is 1. The van der Waals surface area contributed by atoms with Gasteiger partial charge in [0.15, 0.2) is 0 Å². The second kappa shape index (κ2) is 2.53. The lowest BCUT2D eigenvalue weighted by molar-refractivity contribution is -0.156. The van der Waals surface area contributed by atoms with E-state index >= 15 is 0 Å². The van der Waals surface area contributed by atoms with Gasteiger partial charge in [0.25, 0.3) is 0 Å². The van der Waals surface area contributed by atoms with Crippen molar-refractivity contribution in [1.29, 1.82) is 0 Å². The summed E-state index contributed by atoms with van der Waals surface area (Å²) in [7, 11) is 0. The molecule has 0 aromatic carbocycles. The molecule has 1 saturated heterocycles. The minimum atomic E-state index is -1.20. The number of carboxylic acid groups (broad SMARTS) is 1. The minimum absolute atomic E-state index is 0.365. The molecule has 2 N–H and O–H groups in total. The number of carbonyl (C=O) groups is 2. The number of aliphatic carboxylic acids is 1. The Balaban J connectivity index is 2.81. The Morgan fingerprint density at radius 2 is 2.36 bits per heavy atom. The van der Waals surface area contributed by atoms with Crippen LogP contribution in [-0.4, -0.2) is 23.5 Å². The molecule has 0 radical (unpaired) electrons. The van der Waals surface area contributed by atoms with Crippen molar-refractivity contribution < 1.29 is 14.7 Å². The molecule has 0 saturated carbocycles. The van der Waals surface area contributed by atoms with Crippen LogP contribution in [0.1, 0.15) is 19.8 Å². The number of piperidine rings is 1. The van der Waals surface area contributed by atoms with E-state index in [2.05, 4.69) is 5.32 Å². The first-order valence-corrected chi connectivity index (χ1v) is 3.59. The van der Waals surface area contributed by atoms with Crippen LogP contribution in [0.5, 0.6) is 0 Å². The zero-order valence-electron chi connectivity index (χ0n) is 6.39. The topological polar surface area (TPSA) is 66.4 Å². The molecular weight excluding hydrogens is 146 g/mol. The molecule has 0 aliphatic carbocycles. The quantitative estimate of drug-likeness (QED) is 0.526. The number of rotatable bonds is 1. The van der Waals surface area contributed by atoms with Crippen molar-refractivity contribution in [2.24, 2.45) is 5.41 Å². The average Bonchev–Trinajstić information content (AvgIpc) is 1.95. The monoisotopic (exact) mass is 157 g/mol. The lowest BCUT2D eigenvalue weighted by Gasteiger charge is -2.27. The van der Waals surface area contributed by atoms with Crippen molar-refractivity contribution in [1.82, 2.24) is 5.32 Å². The standard InChI is InChI=1S/C7H11NO3/c1-7(6(10)11)3-2-4-8-5(7)9/h2-4H2,1H3,(H,8,9)(H,10,11)/t7-/m0/s1. The molecule has 1 amide bonds. The largest absolute Gasteiger partial charge is 0.480 e. The molecule has 1 heterocycles. The Morgan fingerprint density at radius 1 is 1.73 bits per heavy atom. The van der Waals surface area contributed by atoms with Gasteiger partial charge < -0.3 is 10.4 Å². The molecule has 1 atom stereocenters. The molecule has 0 spiro atoms. The van der Waals surface area contributed by atoms with Crippen LogP contribution in [0.15, 0.2) is 0 Å². The molecule has 4 nitrogen and oxygen atoms in total. The van der Waals surface area contributed by atoms with Crippen LogP contribution in [0, 0.1) is 5.41 Å². The SMILES string of the molecule is C[C@]1(C(=O)O)CCCNC1=O. The number of hydrogen-bond donors (Lipinski definition) is 2. The molecule has 1 rings (SSSR count). The van der Waals surface area contributed by atoms with Crippen LogP contribution in [0.25, 0.3) is 0 Å². The van der Waals surface area contributed by atoms with Crippen molar-refractivity contribution >= 4 is 11.9 Å². The van der Waals surface area contributed by atoms with Gasteiger partial charge in [-0.25, -0.2) is 0 Å². The Morgan fingerprint density at radius 3 is 2.73 bits per heavy atom. The van der Waals surface area contributed by atoms with Crippen LogP contribution in [-0.2, 0) is 9.59 Å². The van der Waals surface area contributed by atoms with Gasteiger partial charge in [0.05, 0.1) is 0 Å². The zero-order valence-corrected chi connectivity index (χ0v) is 6.39. The number of carboxylic acids is 1. The van der Waals surface area contributed by atoms with Crippen LogP contribution in [0.4, 0.5) is 0 Å². The highest BCUT2D eigenvalue weighted by Crippen LogP contribution is 2.26. The third-order valence-electron chi connectivity index (χ3n) is 2.11. The average molecular weight is 157 g/mol. The fourth-order valence-corrected chi connectivity index (χ4v) is 1.16. The number of amides is 1. The van der Waals surface area contributed by atoms with Crippen LogP contribution >= 0.6 is 0 Å². The highest BCUT2D eigenvalue weighted by atomic mass is 16.4. The first-order valence-electron chi connectivity index (χ1n) is 3.59. The summed E-state index contributed by atoms with van der Waals surface area (Å²) in [6, 6.07) is 0. The normalized spacial score (nSPS) is 31.2. The predicted molar refractivity (Wildman–Crippen MR) is 38.0 cm³/mol. The Labute approximate surface area is 64.6 Å². The maximum atomic E-state index is 11.1. The summed E-state index contributed by atoms with van der Waals surface area (Å²) in [4.78, 5) is 21.7. The minimum Gasteiger partial charge on any atom is -0.480 e. The van der Waals surface area contributed by atoms with Gasteiger partial charge in [0, 0.05) is 6.54 Å². The van der Waals surface area contributed by atoms with Gasteiger partial charge in [0.2, 0.25) is 5.91 Å². The summed E-state index contributed by atoms with van der Waals surface area (Å²) in [6.45, 7) is 2.06. The fourth-order valence-electron chi connectivity index (χ4n) is 1.16. The van der Waals surface area contributed by atoms with Gasteiger partial charge in [-0.1, -0.05) is 0 Å². The van der Waals surface area contributed by atoms with E-state index in [0.717, 1.165) is 6.42 Å². The van der Waals surface area contributed by atoms with Crippen molar-refractivity contribution in [3.8, 4) is 0 Å².